The second-order valence-electron chi connectivity index (χ2n) is 7.90. The Bertz CT molecular complexity index is 1510. The molecule has 148 valence electrons. The van der Waals surface area contributed by atoms with Crippen LogP contribution in [0.4, 0.5) is 0 Å². The normalized spacial score (nSPS) is 12.3. The lowest BCUT2D eigenvalue weighted by molar-refractivity contribution is 0.864. The Hall–Kier alpha value is -2.56. The standard InChI is InChI=1S/C26H22N2S2/c1-27-23-11-9-17-15-6-8-20-18(10-12-24-22(20)14-26(30-4)28(24)2)16(15)5-7-19(17)21(23)13-25(27)29-3/h5-14H,1-4H3. The molecule has 0 spiro atoms. The Morgan fingerprint density at radius 2 is 0.767 bits per heavy atom. The van der Waals surface area contributed by atoms with Crippen molar-refractivity contribution >= 4 is 77.6 Å². The fraction of sp³-hybridized carbons (Fsp3) is 0.154. The zero-order valence-corrected chi connectivity index (χ0v) is 19.1. The molecule has 0 radical (unpaired) electrons. The average molecular weight is 427 g/mol. The van der Waals surface area contributed by atoms with Gasteiger partial charge in [-0.3, -0.25) is 0 Å². The molecule has 2 aromatic heterocycles. The summed E-state index contributed by atoms with van der Waals surface area (Å²) in [5.41, 5.74) is 2.59. The highest BCUT2D eigenvalue weighted by molar-refractivity contribution is 7.98. The molecule has 6 rings (SSSR count). The van der Waals surface area contributed by atoms with Crippen LogP contribution < -0.4 is 0 Å². The summed E-state index contributed by atoms with van der Waals surface area (Å²) in [7, 11) is 4.31. The van der Waals surface area contributed by atoms with E-state index in [4.69, 9.17) is 0 Å². The van der Waals surface area contributed by atoms with E-state index >= 15 is 0 Å². The first kappa shape index (κ1) is 18.2. The van der Waals surface area contributed by atoms with Crippen molar-refractivity contribution in [3.63, 3.8) is 0 Å². The van der Waals surface area contributed by atoms with Gasteiger partial charge in [0.15, 0.2) is 0 Å². The first-order chi connectivity index (χ1) is 14.6. The van der Waals surface area contributed by atoms with Gasteiger partial charge in [0.25, 0.3) is 0 Å². The van der Waals surface area contributed by atoms with Crippen molar-refractivity contribution < 1.29 is 0 Å². The summed E-state index contributed by atoms with van der Waals surface area (Å²) in [6.07, 6.45) is 4.29. The van der Waals surface area contributed by atoms with Crippen LogP contribution in [0, 0.1) is 0 Å². The number of fused-ring (bicyclic) bond motifs is 9. The van der Waals surface area contributed by atoms with E-state index in [1.165, 1.54) is 64.2 Å². The summed E-state index contributed by atoms with van der Waals surface area (Å²) in [6, 6.07) is 23.0. The highest BCUT2D eigenvalue weighted by Gasteiger charge is 2.13. The van der Waals surface area contributed by atoms with Gasteiger partial charge in [-0.1, -0.05) is 36.4 Å². The van der Waals surface area contributed by atoms with Crippen LogP contribution >= 0.6 is 23.5 Å². The predicted molar refractivity (Wildman–Crippen MR) is 135 cm³/mol. The van der Waals surface area contributed by atoms with E-state index in [1.54, 1.807) is 23.5 Å². The summed E-state index contributed by atoms with van der Waals surface area (Å²) in [5, 5.41) is 13.3. The lowest BCUT2D eigenvalue weighted by atomic mass is 9.94. The van der Waals surface area contributed by atoms with Crippen molar-refractivity contribution in [1.29, 1.82) is 0 Å². The van der Waals surface area contributed by atoms with E-state index < -0.39 is 0 Å². The van der Waals surface area contributed by atoms with Crippen molar-refractivity contribution in [2.75, 3.05) is 12.5 Å². The zero-order chi connectivity index (χ0) is 20.6. The highest BCUT2D eigenvalue weighted by Crippen LogP contribution is 2.39. The van der Waals surface area contributed by atoms with Crippen LogP contribution in [-0.2, 0) is 14.1 Å². The molecule has 0 saturated carbocycles. The number of aromatic nitrogens is 2. The summed E-state index contributed by atoms with van der Waals surface area (Å²) in [4.78, 5) is 0. The third kappa shape index (κ3) is 2.29. The number of rotatable bonds is 2. The van der Waals surface area contributed by atoms with Gasteiger partial charge in [-0.25, -0.2) is 0 Å². The minimum Gasteiger partial charge on any atom is -0.339 e. The summed E-state index contributed by atoms with van der Waals surface area (Å²) in [5.74, 6) is 0. The van der Waals surface area contributed by atoms with Gasteiger partial charge < -0.3 is 9.13 Å². The minimum atomic E-state index is 1.29. The second kappa shape index (κ2) is 6.47. The second-order valence-corrected chi connectivity index (χ2v) is 9.56. The molecule has 2 heterocycles. The van der Waals surface area contributed by atoms with Gasteiger partial charge in [0, 0.05) is 35.9 Å². The molecule has 0 amide bonds. The van der Waals surface area contributed by atoms with Crippen molar-refractivity contribution in [2.45, 2.75) is 10.1 Å². The van der Waals surface area contributed by atoms with Crippen LogP contribution in [-0.4, -0.2) is 21.6 Å². The lowest BCUT2D eigenvalue weighted by Gasteiger charge is -2.10. The van der Waals surface area contributed by atoms with Crippen LogP contribution in [0.25, 0.3) is 54.1 Å². The van der Waals surface area contributed by atoms with Crippen LogP contribution in [0.2, 0.25) is 0 Å². The summed E-state index contributed by atoms with van der Waals surface area (Å²) in [6.45, 7) is 0. The fourth-order valence-corrected chi connectivity index (χ4v) is 6.24. The topological polar surface area (TPSA) is 9.86 Å². The molecule has 0 atom stereocenters. The summed E-state index contributed by atoms with van der Waals surface area (Å²) >= 11 is 3.60. The Morgan fingerprint density at radius 1 is 0.467 bits per heavy atom. The van der Waals surface area contributed by atoms with E-state index in [0.29, 0.717) is 0 Å². The number of nitrogens with zero attached hydrogens (tertiary/aromatic N) is 2. The van der Waals surface area contributed by atoms with Gasteiger partial charge in [-0.15, -0.1) is 23.5 Å². The molecule has 0 aliphatic heterocycles. The van der Waals surface area contributed by atoms with Gasteiger partial charge in [-0.05, 0) is 69.1 Å². The quantitative estimate of drug-likeness (QED) is 0.209. The van der Waals surface area contributed by atoms with Gasteiger partial charge in [-0.2, -0.15) is 0 Å². The maximum absolute atomic E-state index is 2.33. The van der Waals surface area contributed by atoms with E-state index in [1.807, 2.05) is 0 Å². The minimum absolute atomic E-state index is 1.29. The van der Waals surface area contributed by atoms with Gasteiger partial charge in [0.05, 0.1) is 10.1 Å². The molecule has 0 bridgehead atoms. The number of thioether (sulfide) groups is 2. The summed E-state index contributed by atoms with van der Waals surface area (Å²) < 4.78 is 4.58. The first-order valence-corrected chi connectivity index (χ1v) is 12.5. The molecule has 4 aromatic carbocycles. The molecule has 2 nitrogen and oxygen atoms in total. The molecule has 30 heavy (non-hydrogen) atoms. The van der Waals surface area contributed by atoms with Crippen molar-refractivity contribution in [1.82, 2.24) is 9.13 Å². The Labute approximate surface area is 183 Å². The lowest BCUT2D eigenvalue weighted by Crippen LogP contribution is -1.89. The first-order valence-electron chi connectivity index (χ1n) is 10.1. The molecule has 0 aliphatic carbocycles. The maximum atomic E-state index is 2.33. The van der Waals surface area contributed by atoms with Crippen LogP contribution in [0.1, 0.15) is 0 Å². The predicted octanol–water partition coefficient (Wildman–Crippen LogP) is 7.57. The molecule has 0 unspecified atom stereocenters. The molecule has 0 aliphatic rings. The molecule has 0 N–H and O–H groups in total. The number of hydrogen-bond donors (Lipinski definition) is 0. The SMILES string of the molecule is CSc1cc2c3ccc4c(ccc5c4ccc4c5cc(SC)n4C)c3ccc2n1C. The van der Waals surface area contributed by atoms with E-state index in [2.05, 4.69) is 96.4 Å². The Kier molecular flexibility index (Phi) is 3.93. The third-order valence-corrected chi connectivity index (χ3v) is 8.19. The van der Waals surface area contributed by atoms with Crippen LogP contribution in [0.5, 0.6) is 0 Å². The number of hydrogen-bond acceptors (Lipinski definition) is 2. The van der Waals surface area contributed by atoms with E-state index in [0.717, 1.165) is 0 Å². The van der Waals surface area contributed by atoms with Gasteiger partial charge in [0.1, 0.15) is 0 Å². The third-order valence-electron chi connectivity index (χ3n) is 6.57. The highest BCUT2D eigenvalue weighted by atomic mass is 32.2. The van der Waals surface area contributed by atoms with Gasteiger partial charge >= 0.3 is 0 Å². The number of benzene rings is 4. The molecule has 0 saturated heterocycles. The van der Waals surface area contributed by atoms with Crippen LogP contribution in [0.3, 0.4) is 0 Å². The fourth-order valence-electron chi connectivity index (χ4n) is 5.02. The van der Waals surface area contributed by atoms with Crippen molar-refractivity contribution in [3.05, 3.63) is 60.7 Å². The smallest absolute Gasteiger partial charge is 0.0753 e. The van der Waals surface area contributed by atoms with E-state index in [9.17, 15) is 0 Å². The Morgan fingerprint density at radius 3 is 1.10 bits per heavy atom. The molecular formula is C26H22N2S2. The van der Waals surface area contributed by atoms with E-state index in [-0.39, 0.29) is 0 Å². The monoisotopic (exact) mass is 426 g/mol. The zero-order valence-electron chi connectivity index (χ0n) is 17.5. The van der Waals surface area contributed by atoms with Crippen molar-refractivity contribution in [3.8, 4) is 0 Å². The average Bonchev–Trinajstić information content (AvgIpc) is 3.29. The Balaban J connectivity index is 1.73. The maximum Gasteiger partial charge on any atom is 0.0753 e. The van der Waals surface area contributed by atoms with Gasteiger partial charge in [0.2, 0.25) is 0 Å². The number of aryl methyl sites for hydroxylation is 2. The molecular weight excluding hydrogens is 404 g/mol. The molecule has 4 heteroatoms. The largest absolute Gasteiger partial charge is 0.339 e. The molecule has 0 fully saturated rings. The van der Waals surface area contributed by atoms with Crippen molar-refractivity contribution in [2.24, 2.45) is 14.1 Å². The van der Waals surface area contributed by atoms with Crippen LogP contribution in [0.15, 0.2) is 70.7 Å². The molecule has 6 aromatic rings.